The molecular formula is C15H17N5O2. The van der Waals surface area contributed by atoms with E-state index in [4.69, 9.17) is 5.53 Å². The molecule has 0 bridgehead atoms. The minimum Gasteiger partial charge on any atom is -0.374 e. The van der Waals surface area contributed by atoms with Crippen LogP contribution in [0.1, 0.15) is 17.3 Å². The highest BCUT2D eigenvalue weighted by molar-refractivity contribution is 5.94. The molecule has 0 atom stereocenters. The van der Waals surface area contributed by atoms with E-state index in [0.717, 1.165) is 0 Å². The first-order valence-corrected chi connectivity index (χ1v) is 6.97. The Hall–Kier alpha value is -2.79. The largest absolute Gasteiger partial charge is 0.374 e. The van der Waals surface area contributed by atoms with E-state index < -0.39 is 0 Å². The second-order valence-electron chi connectivity index (χ2n) is 4.99. The molecule has 7 heteroatoms. The maximum Gasteiger partial charge on any atom is 0.253 e. The average molecular weight is 299 g/mol. The van der Waals surface area contributed by atoms with Gasteiger partial charge in [-0.3, -0.25) is 9.59 Å². The third-order valence-electron chi connectivity index (χ3n) is 3.40. The fourth-order valence-corrected chi connectivity index (χ4v) is 2.19. The summed E-state index contributed by atoms with van der Waals surface area (Å²) in [5, 5.41) is 3.48. The molecule has 1 aromatic carbocycles. The number of azide groups is 1. The fraction of sp³-hybridized carbons (Fsp3) is 0.333. The molecule has 22 heavy (non-hydrogen) atoms. The standard InChI is InChI=1S/C15H17N5O2/c1-12(21)6-7-19-8-10-20(11-9-19)15(22)13-2-4-14(5-3-13)17-18-16/h2-7H,8-11H2,1H3. The zero-order valence-electron chi connectivity index (χ0n) is 12.3. The highest BCUT2D eigenvalue weighted by Gasteiger charge is 2.20. The number of amides is 1. The van der Waals surface area contributed by atoms with Gasteiger partial charge in [0, 0.05) is 48.5 Å². The molecule has 1 heterocycles. The number of hydrogen-bond donors (Lipinski definition) is 0. The minimum atomic E-state index is -0.0392. The molecule has 0 radical (unpaired) electrons. The van der Waals surface area contributed by atoms with Crippen molar-refractivity contribution in [3.63, 3.8) is 0 Å². The number of carbonyl (C=O) groups excluding carboxylic acids is 2. The number of piperazine rings is 1. The van der Waals surface area contributed by atoms with Gasteiger partial charge in [0.2, 0.25) is 0 Å². The molecule has 7 nitrogen and oxygen atoms in total. The molecule has 1 amide bonds. The molecule has 0 unspecified atom stereocenters. The summed E-state index contributed by atoms with van der Waals surface area (Å²) in [6.45, 7) is 4.13. The van der Waals surface area contributed by atoms with E-state index in [1.54, 1.807) is 35.4 Å². The van der Waals surface area contributed by atoms with Crippen LogP contribution in [0.3, 0.4) is 0 Å². The average Bonchev–Trinajstić information content (AvgIpc) is 2.54. The normalized spacial score (nSPS) is 14.8. The summed E-state index contributed by atoms with van der Waals surface area (Å²) < 4.78 is 0. The summed E-state index contributed by atoms with van der Waals surface area (Å²) >= 11 is 0. The van der Waals surface area contributed by atoms with E-state index in [1.165, 1.54) is 13.0 Å². The van der Waals surface area contributed by atoms with E-state index in [9.17, 15) is 9.59 Å². The number of carbonyl (C=O) groups is 2. The third-order valence-corrected chi connectivity index (χ3v) is 3.40. The number of ketones is 1. The lowest BCUT2D eigenvalue weighted by Gasteiger charge is -2.34. The highest BCUT2D eigenvalue weighted by atomic mass is 16.2. The van der Waals surface area contributed by atoms with Gasteiger partial charge in [-0.1, -0.05) is 17.2 Å². The van der Waals surface area contributed by atoms with E-state index in [-0.39, 0.29) is 11.7 Å². The van der Waals surface area contributed by atoms with E-state index >= 15 is 0 Å². The minimum absolute atomic E-state index is 0.0126. The molecule has 0 spiro atoms. The summed E-state index contributed by atoms with van der Waals surface area (Å²) in [6.07, 6.45) is 3.31. The van der Waals surface area contributed by atoms with Gasteiger partial charge in [0.05, 0.1) is 0 Å². The Morgan fingerprint density at radius 2 is 1.82 bits per heavy atom. The van der Waals surface area contributed by atoms with Crippen LogP contribution in [0.4, 0.5) is 5.69 Å². The molecule has 1 saturated heterocycles. The molecule has 0 N–H and O–H groups in total. The van der Waals surface area contributed by atoms with Crippen molar-refractivity contribution in [1.82, 2.24) is 9.80 Å². The van der Waals surface area contributed by atoms with Gasteiger partial charge in [0.25, 0.3) is 5.91 Å². The number of benzene rings is 1. The zero-order chi connectivity index (χ0) is 15.9. The summed E-state index contributed by atoms with van der Waals surface area (Å²) in [5.74, 6) is -0.0266. The van der Waals surface area contributed by atoms with Crippen LogP contribution in [-0.4, -0.2) is 47.7 Å². The van der Waals surface area contributed by atoms with Gasteiger partial charge < -0.3 is 9.80 Å². The highest BCUT2D eigenvalue weighted by Crippen LogP contribution is 2.15. The second-order valence-corrected chi connectivity index (χ2v) is 4.99. The van der Waals surface area contributed by atoms with Crippen LogP contribution in [0.2, 0.25) is 0 Å². The lowest BCUT2D eigenvalue weighted by molar-refractivity contribution is -0.112. The van der Waals surface area contributed by atoms with Crippen molar-refractivity contribution in [3.05, 3.63) is 52.5 Å². The third kappa shape index (κ3) is 4.10. The first kappa shape index (κ1) is 15.6. The van der Waals surface area contributed by atoms with Crippen LogP contribution in [0.5, 0.6) is 0 Å². The van der Waals surface area contributed by atoms with Crippen molar-refractivity contribution in [2.75, 3.05) is 26.2 Å². The molecule has 1 aromatic rings. The van der Waals surface area contributed by atoms with Gasteiger partial charge in [-0.2, -0.15) is 0 Å². The summed E-state index contributed by atoms with van der Waals surface area (Å²) in [6, 6.07) is 6.57. The Kier molecular flexibility index (Phi) is 5.16. The number of hydrogen-bond acceptors (Lipinski definition) is 4. The number of nitrogens with zero attached hydrogens (tertiary/aromatic N) is 5. The van der Waals surface area contributed by atoms with Crippen LogP contribution >= 0.6 is 0 Å². The quantitative estimate of drug-likeness (QED) is 0.370. The van der Waals surface area contributed by atoms with Crippen molar-refractivity contribution in [2.45, 2.75) is 6.92 Å². The van der Waals surface area contributed by atoms with Gasteiger partial charge in [-0.25, -0.2) is 0 Å². The van der Waals surface area contributed by atoms with Gasteiger partial charge >= 0.3 is 0 Å². The van der Waals surface area contributed by atoms with Crippen molar-refractivity contribution in [1.29, 1.82) is 0 Å². The maximum atomic E-state index is 12.4. The molecule has 0 saturated carbocycles. The first-order valence-electron chi connectivity index (χ1n) is 6.97. The Labute approximate surface area is 128 Å². The maximum absolute atomic E-state index is 12.4. The molecule has 1 aliphatic rings. The van der Waals surface area contributed by atoms with Crippen LogP contribution < -0.4 is 0 Å². The zero-order valence-corrected chi connectivity index (χ0v) is 12.3. The lowest BCUT2D eigenvalue weighted by atomic mass is 10.1. The lowest BCUT2D eigenvalue weighted by Crippen LogP contribution is -2.46. The summed E-state index contributed by atoms with van der Waals surface area (Å²) in [5.41, 5.74) is 9.41. The Morgan fingerprint density at radius 3 is 2.36 bits per heavy atom. The SMILES string of the molecule is CC(=O)C=CN1CCN(C(=O)c2ccc(N=[N+]=[N-])cc2)CC1. The predicted octanol–water partition coefficient (Wildman–Crippen LogP) is 2.49. The predicted molar refractivity (Wildman–Crippen MR) is 82.5 cm³/mol. The Bertz CT molecular complexity index is 624. The summed E-state index contributed by atoms with van der Waals surface area (Å²) in [7, 11) is 0. The number of allylic oxidation sites excluding steroid dienone is 1. The van der Waals surface area contributed by atoms with E-state index in [2.05, 4.69) is 10.0 Å². The van der Waals surface area contributed by atoms with Crippen molar-refractivity contribution < 1.29 is 9.59 Å². The van der Waals surface area contributed by atoms with Crippen LogP contribution in [0.15, 0.2) is 41.7 Å². The Morgan fingerprint density at radius 1 is 1.18 bits per heavy atom. The Balaban J connectivity index is 1.94. The summed E-state index contributed by atoms with van der Waals surface area (Å²) in [4.78, 5) is 29.8. The van der Waals surface area contributed by atoms with Crippen LogP contribution in [0, 0.1) is 0 Å². The smallest absolute Gasteiger partial charge is 0.253 e. The topological polar surface area (TPSA) is 89.4 Å². The van der Waals surface area contributed by atoms with Gasteiger partial charge in [0.15, 0.2) is 5.78 Å². The van der Waals surface area contributed by atoms with Crippen molar-refractivity contribution in [3.8, 4) is 0 Å². The fourth-order valence-electron chi connectivity index (χ4n) is 2.19. The monoisotopic (exact) mass is 299 g/mol. The van der Waals surface area contributed by atoms with Gasteiger partial charge in [0.1, 0.15) is 0 Å². The molecule has 0 aromatic heterocycles. The van der Waals surface area contributed by atoms with Gasteiger partial charge in [-0.05, 0) is 30.7 Å². The first-order chi connectivity index (χ1) is 10.6. The van der Waals surface area contributed by atoms with Crippen LogP contribution in [-0.2, 0) is 4.79 Å². The van der Waals surface area contributed by atoms with Crippen molar-refractivity contribution in [2.24, 2.45) is 5.11 Å². The molecule has 114 valence electrons. The molecule has 1 fully saturated rings. The molecular weight excluding hydrogens is 282 g/mol. The molecule has 0 aliphatic carbocycles. The van der Waals surface area contributed by atoms with Crippen molar-refractivity contribution >= 4 is 17.4 Å². The van der Waals surface area contributed by atoms with E-state index in [0.29, 0.717) is 37.4 Å². The van der Waals surface area contributed by atoms with Crippen LogP contribution in [0.25, 0.3) is 10.4 Å². The number of rotatable bonds is 4. The molecule has 2 rings (SSSR count). The van der Waals surface area contributed by atoms with Gasteiger partial charge in [-0.15, -0.1) is 0 Å². The van der Waals surface area contributed by atoms with E-state index in [1.807, 2.05) is 4.90 Å². The second kappa shape index (κ2) is 7.28. The molecule has 1 aliphatic heterocycles.